The fraction of sp³-hybridized carbons (Fsp3) is 0.273. The molecule has 1 atom stereocenters. The maximum Gasteiger partial charge on any atom is 0.261 e. The fourth-order valence-corrected chi connectivity index (χ4v) is 6.38. The molecule has 41 heavy (non-hydrogen) atoms. The Kier molecular flexibility index (Phi) is 9.86. The van der Waals surface area contributed by atoms with Crippen LogP contribution in [0.1, 0.15) is 36.8 Å². The van der Waals surface area contributed by atoms with Crippen LogP contribution in [0.4, 0.5) is 0 Å². The molecule has 0 saturated heterocycles. The third kappa shape index (κ3) is 7.42. The molecule has 0 spiro atoms. The van der Waals surface area contributed by atoms with Gasteiger partial charge >= 0.3 is 0 Å². The lowest BCUT2D eigenvalue weighted by atomic mass is 10.0. The van der Waals surface area contributed by atoms with Gasteiger partial charge in [-0.25, -0.2) is 0 Å². The van der Waals surface area contributed by atoms with Crippen LogP contribution in [-0.2, 0) is 22.6 Å². The van der Waals surface area contributed by atoms with Gasteiger partial charge in [-0.3, -0.25) is 9.59 Å². The highest BCUT2D eigenvalue weighted by molar-refractivity contribution is 9.10. The molecule has 2 amide bonds. The summed E-state index contributed by atoms with van der Waals surface area (Å²) in [6.07, 6.45) is 4.42. The number of amides is 2. The molecule has 0 unspecified atom stereocenters. The monoisotopic (exact) mass is 652 g/mol. The average molecular weight is 654 g/mol. The number of carbonyl (C=O) groups is 2. The van der Waals surface area contributed by atoms with Gasteiger partial charge in [-0.15, -0.1) is 0 Å². The SMILES string of the molecule is O=C(NC1CCCC1)[C@H](Cc1ccccc1)N(Cc1ccc(Cl)cc1Cl)C(=O)COc1ccc2ccccc2c1Br. The highest BCUT2D eigenvalue weighted by Crippen LogP contribution is 2.33. The van der Waals surface area contributed by atoms with E-state index in [2.05, 4.69) is 21.2 Å². The quantitative estimate of drug-likeness (QED) is 0.189. The number of benzene rings is 4. The lowest BCUT2D eigenvalue weighted by Gasteiger charge is -2.32. The van der Waals surface area contributed by atoms with Crippen LogP contribution in [0.3, 0.4) is 0 Å². The van der Waals surface area contributed by atoms with Gasteiger partial charge in [0.2, 0.25) is 5.91 Å². The van der Waals surface area contributed by atoms with Crippen LogP contribution >= 0.6 is 39.1 Å². The van der Waals surface area contributed by atoms with Crippen molar-refractivity contribution in [2.75, 3.05) is 6.61 Å². The second-order valence-corrected chi connectivity index (χ2v) is 12.0. The first-order valence-electron chi connectivity index (χ1n) is 13.8. The molecular weight excluding hydrogens is 623 g/mol. The molecule has 5 rings (SSSR count). The zero-order valence-electron chi connectivity index (χ0n) is 22.5. The van der Waals surface area contributed by atoms with Crippen LogP contribution in [0, 0.1) is 0 Å². The third-order valence-corrected chi connectivity index (χ3v) is 8.91. The zero-order chi connectivity index (χ0) is 28.8. The molecule has 0 bridgehead atoms. The van der Waals surface area contributed by atoms with Crippen molar-refractivity contribution in [3.8, 4) is 5.75 Å². The van der Waals surface area contributed by atoms with E-state index in [1.807, 2.05) is 66.7 Å². The van der Waals surface area contributed by atoms with E-state index in [9.17, 15) is 9.59 Å². The second-order valence-electron chi connectivity index (χ2n) is 10.3. The predicted octanol–water partition coefficient (Wildman–Crippen LogP) is 7.99. The molecule has 1 aliphatic rings. The van der Waals surface area contributed by atoms with Gasteiger partial charge in [-0.05, 0) is 68.9 Å². The van der Waals surface area contributed by atoms with Gasteiger partial charge in [0.05, 0.1) is 4.47 Å². The third-order valence-electron chi connectivity index (χ3n) is 7.51. The average Bonchev–Trinajstić information content (AvgIpc) is 3.49. The van der Waals surface area contributed by atoms with Crippen LogP contribution < -0.4 is 10.1 Å². The summed E-state index contributed by atoms with van der Waals surface area (Å²) in [7, 11) is 0. The van der Waals surface area contributed by atoms with Crippen LogP contribution in [0.2, 0.25) is 10.0 Å². The predicted molar refractivity (Wildman–Crippen MR) is 168 cm³/mol. The van der Waals surface area contributed by atoms with E-state index in [1.165, 1.54) is 0 Å². The lowest BCUT2D eigenvalue weighted by molar-refractivity contribution is -0.143. The largest absolute Gasteiger partial charge is 0.483 e. The first-order valence-corrected chi connectivity index (χ1v) is 15.3. The smallest absolute Gasteiger partial charge is 0.261 e. The van der Waals surface area contributed by atoms with Crippen LogP contribution in [0.25, 0.3) is 10.8 Å². The maximum atomic E-state index is 14.0. The van der Waals surface area contributed by atoms with Crippen LogP contribution in [-0.4, -0.2) is 35.4 Å². The highest BCUT2D eigenvalue weighted by atomic mass is 79.9. The molecule has 5 nitrogen and oxygen atoms in total. The number of fused-ring (bicyclic) bond motifs is 1. The minimum absolute atomic E-state index is 0.113. The first kappa shape index (κ1) is 29.4. The van der Waals surface area contributed by atoms with Crippen molar-refractivity contribution in [1.29, 1.82) is 0 Å². The first-order chi connectivity index (χ1) is 19.9. The molecule has 1 aliphatic carbocycles. The van der Waals surface area contributed by atoms with Crippen molar-refractivity contribution >= 4 is 61.7 Å². The summed E-state index contributed by atoms with van der Waals surface area (Å²) in [5.41, 5.74) is 1.65. The Bertz CT molecular complexity index is 1530. The molecule has 0 aliphatic heterocycles. The number of carbonyl (C=O) groups excluding carboxylic acids is 2. The van der Waals surface area contributed by atoms with Crippen LogP contribution in [0.5, 0.6) is 5.75 Å². The van der Waals surface area contributed by atoms with Gasteiger partial charge in [-0.1, -0.05) is 103 Å². The van der Waals surface area contributed by atoms with Gasteiger partial charge in [0.25, 0.3) is 5.91 Å². The number of halogens is 3. The van der Waals surface area contributed by atoms with E-state index in [-0.39, 0.29) is 31.0 Å². The molecule has 0 aromatic heterocycles. The summed E-state index contributed by atoms with van der Waals surface area (Å²) in [6.45, 7) is -0.114. The van der Waals surface area contributed by atoms with Gasteiger partial charge in [0.1, 0.15) is 11.8 Å². The van der Waals surface area contributed by atoms with Crippen molar-refractivity contribution in [3.05, 3.63) is 111 Å². The van der Waals surface area contributed by atoms with E-state index in [4.69, 9.17) is 27.9 Å². The van der Waals surface area contributed by atoms with Gasteiger partial charge in [-0.2, -0.15) is 0 Å². The van der Waals surface area contributed by atoms with E-state index in [1.54, 1.807) is 23.1 Å². The zero-order valence-corrected chi connectivity index (χ0v) is 25.6. The van der Waals surface area contributed by atoms with Crippen molar-refractivity contribution in [2.24, 2.45) is 0 Å². The van der Waals surface area contributed by atoms with Crippen LogP contribution in [0.15, 0.2) is 89.4 Å². The molecule has 4 aromatic carbocycles. The summed E-state index contributed by atoms with van der Waals surface area (Å²) >= 11 is 16.3. The minimum atomic E-state index is -0.763. The lowest BCUT2D eigenvalue weighted by Crippen LogP contribution is -2.53. The van der Waals surface area contributed by atoms with Gasteiger partial charge < -0.3 is 15.0 Å². The van der Waals surface area contributed by atoms with Crippen molar-refractivity contribution < 1.29 is 14.3 Å². The normalized spacial score (nSPS) is 14.1. The Hall–Kier alpha value is -3.06. The maximum absolute atomic E-state index is 14.0. The van der Waals surface area contributed by atoms with Gasteiger partial charge in [0, 0.05) is 29.1 Å². The van der Waals surface area contributed by atoms with E-state index >= 15 is 0 Å². The van der Waals surface area contributed by atoms with E-state index in [0.717, 1.165) is 46.5 Å². The fourth-order valence-electron chi connectivity index (χ4n) is 5.30. The number of rotatable bonds is 10. The number of ether oxygens (including phenoxy) is 1. The second kappa shape index (κ2) is 13.7. The Labute approximate surface area is 258 Å². The van der Waals surface area contributed by atoms with Gasteiger partial charge in [0.15, 0.2) is 6.61 Å². The summed E-state index contributed by atoms with van der Waals surface area (Å²) in [5.74, 6) is 0.0567. The van der Waals surface area contributed by atoms with E-state index < -0.39 is 6.04 Å². The standard InChI is InChI=1S/C33H31BrCl2N2O3/c34-32-27-13-7-4-10-23(27)15-17-30(32)41-21-31(39)38(20-24-14-16-25(35)19-28(24)36)29(18-22-8-2-1-3-9-22)33(40)37-26-11-5-6-12-26/h1-4,7-10,13-17,19,26,29H,5-6,11-12,18,20-21H2,(H,37,40)/t29-/m0/s1. The Morgan fingerprint density at radius 2 is 1.68 bits per heavy atom. The Morgan fingerprint density at radius 1 is 0.951 bits per heavy atom. The summed E-state index contributed by atoms with van der Waals surface area (Å²) < 4.78 is 6.84. The molecule has 8 heteroatoms. The topological polar surface area (TPSA) is 58.6 Å². The molecule has 1 saturated carbocycles. The summed E-state index contributed by atoms with van der Waals surface area (Å²) in [6, 6.07) is 26.0. The summed E-state index contributed by atoms with van der Waals surface area (Å²) in [5, 5.41) is 6.19. The molecule has 1 fully saturated rings. The molecule has 212 valence electrons. The molecule has 0 heterocycles. The minimum Gasteiger partial charge on any atom is -0.483 e. The Balaban J connectivity index is 1.45. The summed E-state index contributed by atoms with van der Waals surface area (Å²) in [4.78, 5) is 29.4. The molecular formula is C33H31BrCl2N2O3. The number of nitrogens with one attached hydrogen (secondary N) is 1. The highest BCUT2D eigenvalue weighted by Gasteiger charge is 2.33. The van der Waals surface area contributed by atoms with Crippen molar-refractivity contribution in [3.63, 3.8) is 0 Å². The van der Waals surface area contributed by atoms with E-state index in [0.29, 0.717) is 27.8 Å². The molecule has 0 radical (unpaired) electrons. The number of hydrogen-bond donors (Lipinski definition) is 1. The Morgan fingerprint density at radius 3 is 2.44 bits per heavy atom. The number of hydrogen-bond acceptors (Lipinski definition) is 3. The number of nitrogens with zero attached hydrogens (tertiary/aromatic N) is 1. The molecule has 1 N–H and O–H groups in total. The molecule has 4 aromatic rings. The van der Waals surface area contributed by atoms with Crippen molar-refractivity contribution in [1.82, 2.24) is 10.2 Å². The van der Waals surface area contributed by atoms with Crippen molar-refractivity contribution in [2.45, 2.75) is 50.7 Å².